The Kier molecular flexibility index (Phi) is 5.71. The number of nitrogens with one attached hydrogen (secondary N) is 1. The van der Waals surface area contributed by atoms with Crippen molar-refractivity contribution in [3.05, 3.63) is 16.1 Å². The van der Waals surface area contributed by atoms with E-state index in [1.807, 2.05) is 19.2 Å². The summed E-state index contributed by atoms with van der Waals surface area (Å²) in [5, 5.41) is 14.7. The Labute approximate surface area is 111 Å². The lowest BCUT2D eigenvalue weighted by Gasteiger charge is -2.21. The second-order valence-electron chi connectivity index (χ2n) is 5.05. The van der Waals surface area contributed by atoms with Gasteiger partial charge in [0.05, 0.1) is 17.1 Å². The number of carbonyl (C=O) groups is 1. The van der Waals surface area contributed by atoms with Crippen LogP contribution in [0.2, 0.25) is 0 Å². The van der Waals surface area contributed by atoms with Gasteiger partial charge in [0.1, 0.15) is 0 Å². The third-order valence-corrected chi connectivity index (χ3v) is 3.45. The predicted octanol–water partition coefficient (Wildman–Crippen LogP) is 0.322. The largest absolute Gasteiger partial charge is 0.396 e. The number of thiazole rings is 1. The highest BCUT2D eigenvalue weighted by Gasteiger charge is 2.17. The molecule has 0 aromatic carbocycles. The van der Waals surface area contributed by atoms with Crippen molar-refractivity contribution < 1.29 is 9.90 Å². The lowest BCUT2D eigenvalue weighted by Crippen LogP contribution is -2.36. The minimum absolute atomic E-state index is 0.0463. The van der Waals surface area contributed by atoms with Gasteiger partial charge in [-0.3, -0.25) is 4.79 Å². The summed E-state index contributed by atoms with van der Waals surface area (Å²) in [5.41, 5.74) is 5.94. The SMILES string of the molecule is CC(C)(CO)CNC(=O)Cc1csc(CCN)n1. The zero-order valence-corrected chi connectivity index (χ0v) is 11.7. The molecule has 1 aromatic heterocycles. The molecular formula is C12H21N3O2S. The summed E-state index contributed by atoms with van der Waals surface area (Å²) in [5.74, 6) is -0.0684. The van der Waals surface area contributed by atoms with Crippen LogP contribution in [0.3, 0.4) is 0 Å². The van der Waals surface area contributed by atoms with E-state index in [0.717, 1.165) is 17.1 Å². The van der Waals surface area contributed by atoms with Crippen molar-refractivity contribution in [3.63, 3.8) is 0 Å². The molecule has 4 N–H and O–H groups in total. The summed E-state index contributed by atoms with van der Waals surface area (Å²) >= 11 is 1.53. The Hall–Kier alpha value is -0.980. The maximum absolute atomic E-state index is 11.7. The molecule has 0 unspecified atom stereocenters. The molecular weight excluding hydrogens is 250 g/mol. The first-order valence-electron chi connectivity index (χ1n) is 5.98. The first kappa shape index (κ1) is 15.1. The number of aliphatic hydroxyl groups excluding tert-OH is 1. The van der Waals surface area contributed by atoms with Crippen molar-refractivity contribution in [2.24, 2.45) is 11.1 Å². The van der Waals surface area contributed by atoms with Crippen molar-refractivity contribution in [1.82, 2.24) is 10.3 Å². The average Bonchev–Trinajstić information content (AvgIpc) is 2.75. The fourth-order valence-corrected chi connectivity index (χ4v) is 2.10. The second-order valence-corrected chi connectivity index (χ2v) is 5.99. The summed E-state index contributed by atoms with van der Waals surface area (Å²) in [6, 6.07) is 0. The molecule has 0 saturated heterocycles. The number of aromatic nitrogens is 1. The molecule has 1 aromatic rings. The molecule has 6 heteroatoms. The van der Waals surface area contributed by atoms with E-state index in [1.54, 1.807) is 0 Å². The van der Waals surface area contributed by atoms with Crippen LogP contribution in [0.15, 0.2) is 5.38 Å². The standard InChI is InChI=1S/C12H21N3O2S/c1-12(2,8-16)7-14-10(17)5-9-6-18-11(15-9)3-4-13/h6,16H,3-5,7-8,13H2,1-2H3,(H,14,17). The van der Waals surface area contributed by atoms with Crippen LogP contribution in [0, 0.1) is 5.41 Å². The van der Waals surface area contributed by atoms with E-state index in [1.165, 1.54) is 11.3 Å². The topological polar surface area (TPSA) is 88.2 Å². The van der Waals surface area contributed by atoms with Crippen LogP contribution in [0.5, 0.6) is 0 Å². The van der Waals surface area contributed by atoms with Crippen LogP contribution in [-0.2, 0) is 17.6 Å². The fraction of sp³-hybridized carbons (Fsp3) is 0.667. The molecule has 1 amide bonds. The predicted molar refractivity (Wildman–Crippen MR) is 72.5 cm³/mol. The molecule has 0 bridgehead atoms. The van der Waals surface area contributed by atoms with E-state index < -0.39 is 0 Å². The molecule has 1 rings (SSSR count). The molecule has 102 valence electrons. The number of carbonyl (C=O) groups excluding carboxylic acids is 1. The minimum atomic E-state index is -0.289. The number of nitrogens with two attached hydrogens (primary N) is 1. The summed E-state index contributed by atoms with van der Waals surface area (Å²) in [4.78, 5) is 16.0. The zero-order chi connectivity index (χ0) is 13.6. The van der Waals surface area contributed by atoms with E-state index in [0.29, 0.717) is 13.1 Å². The lowest BCUT2D eigenvalue weighted by molar-refractivity contribution is -0.121. The first-order valence-corrected chi connectivity index (χ1v) is 6.86. The van der Waals surface area contributed by atoms with E-state index in [4.69, 9.17) is 10.8 Å². The summed E-state index contributed by atoms with van der Waals surface area (Å²) in [6.45, 7) is 4.88. The van der Waals surface area contributed by atoms with Crippen molar-refractivity contribution in [2.45, 2.75) is 26.7 Å². The number of aliphatic hydroxyl groups is 1. The van der Waals surface area contributed by atoms with E-state index in [2.05, 4.69) is 10.3 Å². The number of rotatable bonds is 7. The first-order chi connectivity index (χ1) is 8.46. The van der Waals surface area contributed by atoms with Gasteiger partial charge in [-0.15, -0.1) is 11.3 Å². The van der Waals surface area contributed by atoms with E-state index in [-0.39, 0.29) is 24.3 Å². The van der Waals surface area contributed by atoms with Gasteiger partial charge in [0.2, 0.25) is 5.91 Å². The van der Waals surface area contributed by atoms with Crippen molar-refractivity contribution >= 4 is 17.2 Å². The summed E-state index contributed by atoms with van der Waals surface area (Å²) in [7, 11) is 0. The van der Waals surface area contributed by atoms with Gasteiger partial charge in [0.25, 0.3) is 0 Å². The third kappa shape index (κ3) is 5.12. The quantitative estimate of drug-likeness (QED) is 0.666. The average molecular weight is 271 g/mol. The van der Waals surface area contributed by atoms with E-state index in [9.17, 15) is 4.79 Å². The third-order valence-electron chi connectivity index (χ3n) is 2.49. The Morgan fingerprint density at radius 1 is 1.61 bits per heavy atom. The highest BCUT2D eigenvalue weighted by molar-refractivity contribution is 7.09. The normalized spacial score (nSPS) is 11.6. The maximum Gasteiger partial charge on any atom is 0.226 e. The van der Waals surface area contributed by atoms with Crippen molar-refractivity contribution in [3.8, 4) is 0 Å². The minimum Gasteiger partial charge on any atom is -0.396 e. The Morgan fingerprint density at radius 2 is 2.33 bits per heavy atom. The Balaban J connectivity index is 2.39. The zero-order valence-electron chi connectivity index (χ0n) is 10.9. The van der Waals surface area contributed by atoms with Gasteiger partial charge >= 0.3 is 0 Å². The van der Waals surface area contributed by atoms with Gasteiger partial charge in [0.15, 0.2) is 0 Å². The maximum atomic E-state index is 11.7. The molecule has 1 heterocycles. The van der Waals surface area contributed by atoms with Gasteiger partial charge in [-0.25, -0.2) is 4.98 Å². The van der Waals surface area contributed by atoms with Gasteiger partial charge in [0, 0.05) is 30.4 Å². The number of hydrogen-bond acceptors (Lipinski definition) is 5. The van der Waals surface area contributed by atoms with Gasteiger partial charge in [-0.2, -0.15) is 0 Å². The van der Waals surface area contributed by atoms with Gasteiger partial charge < -0.3 is 16.2 Å². The van der Waals surface area contributed by atoms with Crippen LogP contribution in [0.4, 0.5) is 0 Å². The van der Waals surface area contributed by atoms with Crippen LogP contribution in [0.1, 0.15) is 24.5 Å². The molecule has 0 atom stereocenters. The summed E-state index contributed by atoms with van der Waals surface area (Å²) in [6.07, 6.45) is 1.03. The monoisotopic (exact) mass is 271 g/mol. The highest BCUT2D eigenvalue weighted by Crippen LogP contribution is 2.12. The summed E-state index contributed by atoms with van der Waals surface area (Å²) < 4.78 is 0. The molecule has 0 spiro atoms. The smallest absolute Gasteiger partial charge is 0.226 e. The Bertz CT molecular complexity index is 390. The second kappa shape index (κ2) is 6.82. The van der Waals surface area contributed by atoms with Crippen LogP contribution < -0.4 is 11.1 Å². The molecule has 0 fully saturated rings. The molecule has 0 radical (unpaired) electrons. The lowest BCUT2D eigenvalue weighted by atomic mass is 9.95. The molecule has 0 aliphatic carbocycles. The van der Waals surface area contributed by atoms with Crippen molar-refractivity contribution in [2.75, 3.05) is 19.7 Å². The fourth-order valence-electron chi connectivity index (χ4n) is 1.29. The number of amides is 1. The van der Waals surface area contributed by atoms with Gasteiger partial charge in [-0.1, -0.05) is 13.8 Å². The van der Waals surface area contributed by atoms with Gasteiger partial charge in [-0.05, 0) is 6.54 Å². The van der Waals surface area contributed by atoms with Crippen LogP contribution in [0.25, 0.3) is 0 Å². The molecule has 18 heavy (non-hydrogen) atoms. The molecule has 0 aliphatic heterocycles. The molecule has 0 aliphatic rings. The number of nitrogens with zero attached hydrogens (tertiary/aromatic N) is 1. The highest BCUT2D eigenvalue weighted by atomic mass is 32.1. The van der Waals surface area contributed by atoms with E-state index >= 15 is 0 Å². The van der Waals surface area contributed by atoms with Crippen molar-refractivity contribution in [1.29, 1.82) is 0 Å². The van der Waals surface area contributed by atoms with Crippen LogP contribution in [-0.4, -0.2) is 35.7 Å². The molecule has 0 saturated carbocycles. The Morgan fingerprint density at radius 3 is 2.94 bits per heavy atom. The van der Waals surface area contributed by atoms with Crippen LogP contribution >= 0.6 is 11.3 Å². The number of hydrogen-bond donors (Lipinski definition) is 3. The molecule has 5 nitrogen and oxygen atoms in total.